The van der Waals surface area contributed by atoms with E-state index in [0.717, 1.165) is 0 Å². The Kier molecular flexibility index (Phi) is 5.89. The molecule has 1 atom stereocenters. The Morgan fingerprint density at radius 1 is 1.36 bits per heavy atom. The van der Waals surface area contributed by atoms with E-state index in [-0.39, 0.29) is 13.0 Å². The number of ether oxygens (including phenoxy) is 2. The summed E-state index contributed by atoms with van der Waals surface area (Å²) in [4.78, 5) is 28.3. The van der Waals surface area contributed by atoms with Crippen LogP contribution in [-0.4, -0.2) is 33.7 Å². The Morgan fingerprint density at radius 3 is 2.72 bits per heavy atom. The molecule has 0 aliphatic carbocycles. The van der Waals surface area contributed by atoms with Crippen molar-refractivity contribution in [3.05, 3.63) is 35.2 Å². The minimum Gasteiger partial charge on any atom is -0.466 e. The van der Waals surface area contributed by atoms with Crippen molar-refractivity contribution >= 4 is 29.3 Å². The number of carbonyl (C=O) groups excluding carboxylic acids is 2. The maximum absolute atomic E-state index is 12.1. The summed E-state index contributed by atoms with van der Waals surface area (Å²) in [6.07, 6.45) is 2.68. The molecule has 2 aromatic heterocycles. The van der Waals surface area contributed by atoms with E-state index in [1.807, 2.05) is 0 Å². The zero-order valence-corrected chi connectivity index (χ0v) is 15.5. The van der Waals surface area contributed by atoms with Gasteiger partial charge in [0.2, 0.25) is 0 Å². The summed E-state index contributed by atoms with van der Waals surface area (Å²) < 4.78 is 12.0. The Bertz CT molecular complexity index is 767. The molecule has 7 nitrogen and oxygen atoms in total. The van der Waals surface area contributed by atoms with E-state index in [2.05, 4.69) is 10.3 Å². The van der Waals surface area contributed by atoms with Crippen molar-refractivity contribution in [1.29, 1.82) is 0 Å². The molecule has 0 spiro atoms. The van der Waals surface area contributed by atoms with Crippen molar-refractivity contribution in [1.82, 2.24) is 14.7 Å². The van der Waals surface area contributed by atoms with E-state index in [9.17, 15) is 9.59 Å². The summed E-state index contributed by atoms with van der Waals surface area (Å²) in [6.45, 7) is 7.28. The number of halogens is 1. The van der Waals surface area contributed by atoms with Crippen LogP contribution in [-0.2, 0) is 14.3 Å². The minimum absolute atomic E-state index is 0.0414. The standard InChI is InChI=1S/C17H22ClN3O4/c1-5-24-15(22)10-12(20-16(23)25-17(2,3)4)11-8-13(18)21-7-6-19-14(21)9-11/h6-9,12H,5,10H2,1-4H3,(H,20,23). The van der Waals surface area contributed by atoms with Crippen molar-refractivity contribution in [3.63, 3.8) is 0 Å². The van der Waals surface area contributed by atoms with Gasteiger partial charge in [-0.3, -0.25) is 9.20 Å². The molecule has 0 aromatic carbocycles. The number of hydrogen-bond donors (Lipinski definition) is 1. The molecule has 0 bridgehead atoms. The number of nitrogens with one attached hydrogen (secondary N) is 1. The highest BCUT2D eigenvalue weighted by atomic mass is 35.5. The Labute approximate surface area is 151 Å². The first-order chi connectivity index (χ1) is 11.7. The number of fused-ring (bicyclic) bond motifs is 1. The first kappa shape index (κ1) is 19.1. The van der Waals surface area contributed by atoms with Crippen LogP contribution in [0.3, 0.4) is 0 Å². The minimum atomic E-state index is -0.650. The first-order valence-corrected chi connectivity index (χ1v) is 8.35. The lowest BCUT2D eigenvalue weighted by molar-refractivity contribution is -0.143. The van der Waals surface area contributed by atoms with Crippen LogP contribution in [0.4, 0.5) is 4.79 Å². The molecule has 2 rings (SSSR count). The van der Waals surface area contributed by atoms with Gasteiger partial charge in [-0.25, -0.2) is 9.78 Å². The maximum atomic E-state index is 12.1. The summed E-state index contributed by atoms with van der Waals surface area (Å²) >= 11 is 6.25. The number of aromatic nitrogens is 2. The van der Waals surface area contributed by atoms with E-state index < -0.39 is 23.7 Å². The number of hydrogen-bond acceptors (Lipinski definition) is 5. The monoisotopic (exact) mass is 367 g/mol. The molecule has 2 heterocycles. The van der Waals surface area contributed by atoms with E-state index >= 15 is 0 Å². The van der Waals surface area contributed by atoms with Crippen molar-refractivity contribution in [2.45, 2.75) is 45.8 Å². The van der Waals surface area contributed by atoms with Crippen molar-refractivity contribution in [2.75, 3.05) is 6.61 Å². The van der Waals surface area contributed by atoms with Crippen LogP contribution >= 0.6 is 11.6 Å². The van der Waals surface area contributed by atoms with Gasteiger partial charge in [0.05, 0.1) is 19.1 Å². The quantitative estimate of drug-likeness (QED) is 0.646. The van der Waals surface area contributed by atoms with Crippen LogP contribution in [0, 0.1) is 0 Å². The SMILES string of the molecule is CCOC(=O)CC(NC(=O)OC(C)(C)C)c1cc(Cl)n2ccnc2c1. The van der Waals surface area contributed by atoms with Gasteiger partial charge in [-0.15, -0.1) is 0 Å². The molecule has 1 unspecified atom stereocenters. The summed E-state index contributed by atoms with van der Waals surface area (Å²) in [5.74, 6) is -0.428. The second-order valence-electron chi connectivity index (χ2n) is 6.47. The normalized spacial score (nSPS) is 12.7. The molecule has 0 radical (unpaired) electrons. The predicted molar refractivity (Wildman–Crippen MR) is 93.6 cm³/mol. The van der Waals surface area contributed by atoms with Gasteiger partial charge in [0, 0.05) is 12.4 Å². The third kappa shape index (κ3) is 5.35. The fraction of sp³-hybridized carbons (Fsp3) is 0.471. The number of alkyl carbamates (subject to hydrolysis) is 1. The number of nitrogens with zero attached hydrogens (tertiary/aromatic N) is 2. The van der Waals surface area contributed by atoms with Crippen molar-refractivity contribution in [2.24, 2.45) is 0 Å². The molecule has 25 heavy (non-hydrogen) atoms. The highest BCUT2D eigenvalue weighted by Crippen LogP contribution is 2.24. The van der Waals surface area contributed by atoms with Gasteiger partial charge in [-0.1, -0.05) is 11.6 Å². The Hall–Kier alpha value is -2.28. The smallest absolute Gasteiger partial charge is 0.408 e. The molecule has 1 amide bonds. The maximum Gasteiger partial charge on any atom is 0.408 e. The molecule has 2 aromatic rings. The molecular weight excluding hydrogens is 346 g/mol. The Morgan fingerprint density at radius 2 is 2.08 bits per heavy atom. The zero-order valence-electron chi connectivity index (χ0n) is 14.7. The molecule has 1 N–H and O–H groups in total. The average molecular weight is 368 g/mol. The van der Waals surface area contributed by atoms with Crippen molar-refractivity contribution in [3.8, 4) is 0 Å². The lowest BCUT2D eigenvalue weighted by Crippen LogP contribution is -2.36. The number of pyridine rings is 1. The fourth-order valence-corrected chi connectivity index (χ4v) is 2.56. The number of imidazole rings is 1. The molecule has 0 aliphatic rings. The first-order valence-electron chi connectivity index (χ1n) is 7.97. The van der Waals surface area contributed by atoms with Crippen LogP contribution in [0.15, 0.2) is 24.5 Å². The van der Waals surface area contributed by atoms with Gasteiger partial charge < -0.3 is 14.8 Å². The number of rotatable bonds is 5. The second-order valence-corrected chi connectivity index (χ2v) is 6.86. The summed E-state index contributed by atoms with van der Waals surface area (Å²) in [7, 11) is 0. The average Bonchev–Trinajstić information content (AvgIpc) is 2.93. The van der Waals surface area contributed by atoms with Crippen LogP contribution in [0.2, 0.25) is 5.15 Å². The largest absolute Gasteiger partial charge is 0.466 e. The van der Waals surface area contributed by atoms with Gasteiger partial charge >= 0.3 is 12.1 Å². The highest BCUT2D eigenvalue weighted by Gasteiger charge is 2.24. The number of amides is 1. The van der Waals surface area contributed by atoms with Gasteiger partial charge in [0.15, 0.2) is 0 Å². The van der Waals surface area contributed by atoms with E-state index in [4.69, 9.17) is 21.1 Å². The van der Waals surface area contributed by atoms with Crippen LogP contribution in [0.1, 0.15) is 45.7 Å². The van der Waals surface area contributed by atoms with Gasteiger partial charge in [0.25, 0.3) is 0 Å². The lowest BCUT2D eigenvalue weighted by atomic mass is 10.1. The molecule has 0 saturated carbocycles. The molecule has 0 aliphatic heterocycles. The molecule has 0 saturated heterocycles. The topological polar surface area (TPSA) is 81.9 Å². The second kappa shape index (κ2) is 7.74. The van der Waals surface area contributed by atoms with Crippen LogP contribution in [0.5, 0.6) is 0 Å². The lowest BCUT2D eigenvalue weighted by Gasteiger charge is -2.23. The fourth-order valence-electron chi connectivity index (χ4n) is 2.29. The highest BCUT2D eigenvalue weighted by molar-refractivity contribution is 6.29. The van der Waals surface area contributed by atoms with E-state index in [0.29, 0.717) is 16.4 Å². The van der Waals surface area contributed by atoms with Crippen LogP contribution in [0.25, 0.3) is 5.65 Å². The third-order valence-corrected chi connectivity index (χ3v) is 3.54. The third-order valence-electron chi connectivity index (χ3n) is 3.25. The summed E-state index contributed by atoms with van der Waals surface area (Å²) in [5, 5.41) is 3.13. The zero-order chi connectivity index (χ0) is 18.6. The molecular formula is C17H22ClN3O4. The van der Waals surface area contributed by atoms with Gasteiger partial charge in [0.1, 0.15) is 16.4 Å². The number of carbonyl (C=O) groups is 2. The van der Waals surface area contributed by atoms with E-state index in [1.165, 1.54) is 0 Å². The number of esters is 1. The van der Waals surface area contributed by atoms with Crippen LogP contribution < -0.4 is 5.32 Å². The molecule has 0 fully saturated rings. The summed E-state index contributed by atoms with van der Waals surface area (Å²) in [6, 6.07) is 2.79. The molecule has 136 valence electrons. The van der Waals surface area contributed by atoms with Gasteiger partial charge in [-0.05, 0) is 45.4 Å². The van der Waals surface area contributed by atoms with Crippen molar-refractivity contribution < 1.29 is 19.1 Å². The van der Waals surface area contributed by atoms with Gasteiger partial charge in [-0.2, -0.15) is 0 Å². The molecule has 8 heteroatoms. The summed E-state index contributed by atoms with van der Waals surface area (Å²) in [5.41, 5.74) is 0.605. The van der Waals surface area contributed by atoms with E-state index in [1.54, 1.807) is 56.6 Å². The predicted octanol–water partition coefficient (Wildman–Crippen LogP) is 3.51. The Balaban J connectivity index is 2.28.